The number of Topliss-reactive ketones (excluding diaryl/α,β-unsaturated/α-hetero) is 1. The maximum Gasteiger partial charge on any atom is 0.175 e. The van der Waals surface area contributed by atoms with Crippen LogP contribution in [0.25, 0.3) is 0 Å². The fourth-order valence-corrected chi connectivity index (χ4v) is 3.51. The SMILES string of the molecule is CC(=O)c1ccc(OCCC2CCN(c3cc(Cl)nnc3Cl)CC2)cc1. The highest BCUT2D eigenvalue weighted by Crippen LogP contribution is 2.30. The van der Waals surface area contributed by atoms with Crippen molar-refractivity contribution < 1.29 is 9.53 Å². The molecule has 1 aromatic carbocycles. The van der Waals surface area contributed by atoms with E-state index in [2.05, 4.69) is 15.1 Å². The molecule has 2 aromatic rings. The summed E-state index contributed by atoms with van der Waals surface area (Å²) in [6, 6.07) is 9.07. The molecule has 0 saturated carbocycles. The second-order valence-corrected chi connectivity index (χ2v) is 7.24. The topological polar surface area (TPSA) is 55.3 Å². The lowest BCUT2D eigenvalue weighted by molar-refractivity contribution is 0.101. The smallest absolute Gasteiger partial charge is 0.175 e. The normalized spacial score (nSPS) is 15.1. The Kier molecular flexibility index (Phi) is 6.33. The molecular formula is C19H21Cl2N3O2. The summed E-state index contributed by atoms with van der Waals surface area (Å²) in [5.41, 5.74) is 1.56. The quantitative estimate of drug-likeness (QED) is 0.667. The van der Waals surface area contributed by atoms with E-state index in [9.17, 15) is 4.79 Å². The number of piperidine rings is 1. The zero-order chi connectivity index (χ0) is 18.5. The predicted octanol–water partition coefficient (Wildman–Crippen LogP) is 4.67. The molecule has 1 fully saturated rings. The number of halogens is 2. The highest BCUT2D eigenvalue weighted by atomic mass is 35.5. The Bertz CT molecular complexity index is 760. The number of nitrogens with zero attached hydrogens (tertiary/aromatic N) is 3. The summed E-state index contributed by atoms with van der Waals surface area (Å²) >= 11 is 12.1. The molecule has 2 heterocycles. The van der Waals surface area contributed by atoms with Gasteiger partial charge in [0.25, 0.3) is 0 Å². The monoisotopic (exact) mass is 393 g/mol. The number of ketones is 1. The number of benzene rings is 1. The maximum atomic E-state index is 11.3. The molecule has 1 aliphatic heterocycles. The van der Waals surface area contributed by atoms with Crippen LogP contribution in [-0.2, 0) is 0 Å². The van der Waals surface area contributed by atoms with Crippen LogP contribution in [0.2, 0.25) is 10.3 Å². The van der Waals surface area contributed by atoms with Crippen molar-refractivity contribution in [2.75, 3.05) is 24.6 Å². The molecule has 5 nitrogen and oxygen atoms in total. The van der Waals surface area contributed by atoms with E-state index in [1.54, 1.807) is 25.1 Å². The Morgan fingerprint density at radius 2 is 1.88 bits per heavy atom. The zero-order valence-corrected chi connectivity index (χ0v) is 16.1. The van der Waals surface area contributed by atoms with Crippen molar-refractivity contribution in [3.63, 3.8) is 0 Å². The average molecular weight is 394 g/mol. The molecule has 138 valence electrons. The Morgan fingerprint density at radius 3 is 2.54 bits per heavy atom. The Hall–Kier alpha value is -1.85. The number of carbonyl (C=O) groups is 1. The third kappa shape index (κ3) is 4.86. The van der Waals surface area contributed by atoms with Gasteiger partial charge in [0, 0.05) is 24.7 Å². The lowest BCUT2D eigenvalue weighted by Crippen LogP contribution is -2.34. The Labute approximate surface area is 163 Å². The van der Waals surface area contributed by atoms with Gasteiger partial charge in [0.15, 0.2) is 16.1 Å². The van der Waals surface area contributed by atoms with E-state index in [4.69, 9.17) is 27.9 Å². The number of aromatic nitrogens is 2. The van der Waals surface area contributed by atoms with Crippen LogP contribution in [0.15, 0.2) is 30.3 Å². The van der Waals surface area contributed by atoms with Gasteiger partial charge >= 0.3 is 0 Å². The maximum absolute atomic E-state index is 11.3. The van der Waals surface area contributed by atoms with Gasteiger partial charge in [-0.05, 0) is 56.4 Å². The standard InChI is InChI=1S/C19H21Cl2N3O2/c1-13(25)15-2-4-16(5-3-15)26-11-8-14-6-9-24(10-7-14)17-12-18(20)22-23-19(17)21/h2-5,12,14H,6-11H2,1H3. The second-order valence-electron chi connectivity index (χ2n) is 6.49. The van der Waals surface area contributed by atoms with Crippen LogP contribution in [0.3, 0.4) is 0 Å². The number of hydrogen-bond acceptors (Lipinski definition) is 5. The minimum atomic E-state index is 0.0640. The van der Waals surface area contributed by atoms with Crippen LogP contribution in [0.5, 0.6) is 5.75 Å². The Morgan fingerprint density at radius 1 is 1.19 bits per heavy atom. The number of rotatable bonds is 6. The summed E-state index contributed by atoms with van der Waals surface area (Å²) in [6.45, 7) is 4.07. The third-order valence-electron chi connectivity index (χ3n) is 4.71. The van der Waals surface area contributed by atoms with Crippen LogP contribution >= 0.6 is 23.2 Å². The molecule has 7 heteroatoms. The molecule has 0 spiro atoms. The molecule has 0 aliphatic carbocycles. The molecule has 0 amide bonds. The first-order valence-corrected chi connectivity index (χ1v) is 9.46. The molecule has 0 unspecified atom stereocenters. The van der Waals surface area contributed by atoms with Crippen molar-refractivity contribution in [3.05, 3.63) is 46.2 Å². The first-order valence-electron chi connectivity index (χ1n) is 8.70. The zero-order valence-electron chi connectivity index (χ0n) is 14.6. The van der Waals surface area contributed by atoms with Gasteiger partial charge in [-0.3, -0.25) is 4.79 Å². The van der Waals surface area contributed by atoms with E-state index in [0.29, 0.717) is 28.4 Å². The van der Waals surface area contributed by atoms with Gasteiger partial charge in [0.05, 0.1) is 12.3 Å². The molecular weight excluding hydrogens is 373 g/mol. The molecule has 3 rings (SSSR count). The summed E-state index contributed by atoms with van der Waals surface area (Å²) < 4.78 is 5.81. The van der Waals surface area contributed by atoms with Gasteiger partial charge in [-0.15, -0.1) is 10.2 Å². The molecule has 1 aromatic heterocycles. The van der Waals surface area contributed by atoms with Gasteiger partial charge in [0.1, 0.15) is 5.75 Å². The predicted molar refractivity (Wildman–Crippen MR) is 104 cm³/mol. The average Bonchev–Trinajstić information content (AvgIpc) is 2.65. The van der Waals surface area contributed by atoms with Crippen molar-refractivity contribution in [1.82, 2.24) is 10.2 Å². The molecule has 0 radical (unpaired) electrons. The lowest BCUT2D eigenvalue weighted by Gasteiger charge is -2.33. The summed E-state index contributed by atoms with van der Waals surface area (Å²) in [4.78, 5) is 13.5. The second kappa shape index (κ2) is 8.69. The van der Waals surface area contributed by atoms with Crippen molar-refractivity contribution in [3.8, 4) is 5.75 Å². The summed E-state index contributed by atoms with van der Waals surface area (Å²) in [6.07, 6.45) is 3.15. The van der Waals surface area contributed by atoms with Crippen molar-refractivity contribution in [2.24, 2.45) is 5.92 Å². The van der Waals surface area contributed by atoms with Crippen LogP contribution in [0.4, 0.5) is 5.69 Å². The molecule has 0 atom stereocenters. The first-order chi connectivity index (χ1) is 12.5. The summed E-state index contributed by atoms with van der Waals surface area (Å²) in [5.74, 6) is 1.48. The molecule has 1 saturated heterocycles. The van der Waals surface area contributed by atoms with Crippen molar-refractivity contribution in [1.29, 1.82) is 0 Å². The van der Waals surface area contributed by atoms with Crippen molar-refractivity contribution in [2.45, 2.75) is 26.2 Å². The van der Waals surface area contributed by atoms with Crippen LogP contribution in [0.1, 0.15) is 36.5 Å². The van der Waals surface area contributed by atoms with Crippen LogP contribution in [-0.4, -0.2) is 35.7 Å². The summed E-state index contributed by atoms with van der Waals surface area (Å²) in [5, 5.41) is 8.38. The minimum Gasteiger partial charge on any atom is -0.494 e. The fourth-order valence-electron chi connectivity index (χ4n) is 3.16. The van der Waals surface area contributed by atoms with E-state index in [-0.39, 0.29) is 5.78 Å². The highest BCUT2D eigenvalue weighted by Gasteiger charge is 2.21. The lowest BCUT2D eigenvalue weighted by atomic mass is 9.94. The molecule has 1 aliphatic rings. The van der Waals surface area contributed by atoms with Gasteiger partial charge in [0.2, 0.25) is 0 Å². The van der Waals surface area contributed by atoms with E-state index < -0.39 is 0 Å². The van der Waals surface area contributed by atoms with Crippen molar-refractivity contribution >= 4 is 34.7 Å². The first kappa shape index (κ1) is 18.9. The van der Waals surface area contributed by atoms with E-state index in [0.717, 1.165) is 43.8 Å². The number of hydrogen-bond donors (Lipinski definition) is 0. The van der Waals surface area contributed by atoms with Crippen LogP contribution in [0, 0.1) is 5.92 Å². The van der Waals surface area contributed by atoms with Gasteiger partial charge < -0.3 is 9.64 Å². The molecule has 0 bridgehead atoms. The van der Waals surface area contributed by atoms with Crippen LogP contribution < -0.4 is 9.64 Å². The number of carbonyl (C=O) groups excluding carboxylic acids is 1. The molecule has 26 heavy (non-hydrogen) atoms. The van der Waals surface area contributed by atoms with E-state index >= 15 is 0 Å². The highest BCUT2D eigenvalue weighted by molar-refractivity contribution is 6.33. The number of anilines is 1. The van der Waals surface area contributed by atoms with Gasteiger partial charge in [-0.2, -0.15) is 0 Å². The van der Waals surface area contributed by atoms with Gasteiger partial charge in [-0.1, -0.05) is 23.2 Å². The number of ether oxygens (including phenoxy) is 1. The fraction of sp³-hybridized carbons (Fsp3) is 0.421. The molecule has 0 N–H and O–H groups in total. The Balaban J connectivity index is 1.44. The van der Waals surface area contributed by atoms with E-state index in [1.165, 1.54) is 0 Å². The largest absolute Gasteiger partial charge is 0.494 e. The minimum absolute atomic E-state index is 0.0640. The van der Waals surface area contributed by atoms with E-state index in [1.807, 2.05) is 12.1 Å². The third-order valence-corrected chi connectivity index (χ3v) is 5.17. The summed E-state index contributed by atoms with van der Waals surface area (Å²) in [7, 11) is 0. The van der Waals surface area contributed by atoms with Gasteiger partial charge in [-0.25, -0.2) is 0 Å².